The van der Waals surface area contributed by atoms with Crippen LogP contribution in [0, 0.1) is 0 Å². The standard InChI is InChI=1S/C10H6BrF2N3O2S/c11-5-1-4(2-6(17)3-5)9(18)15-10-14-8(7(12)13)16-19-10/h1-3,7,17H,(H,14,15,16,18). The molecule has 19 heavy (non-hydrogen) atoms. The molecule has 0 atom stereocenters. The second kappa shape index (κ2) is 5.57. The molecule has 2 N–H and O–H groups in total. The third-order valence-electron chi connectivity index (χ3n) is 2.00. The molecule has 0 radical (unpaired) electrons. The average Bonchev–Trinajstić information content (AvgIpc) is 2.76. The number of halogens is 3. The van der Waals surface area contributed by atoms with Gasteiger partial charge >= 0.3 is 0 Å². The molecular formula is C10H6BrF2N3O2S. The fourth-order valence-electron chi connectivity index (χ4n) is 1.25. The quantitative estimate of drug-likeness (QED) is 0.892. The van der Waals surface area contributed by atoms with Crippen molar-refractivity contribution in [2.75, 3.05) is 5.32 Å². The highest BCUT2D eigenvalue weighted by molar-refractivity contribution is 9.10. The maximum absolute atomic E-state index is 12.3. The largest absolute Gasteiger partial charge is 0.508 e. The van der Waals surface area contributed by atoms with Crippen LogP contribution in [-0.2, 0) is 0 Å². The van der Waals surface area contributed by atoms with E-state index in [0.717, 1.165) is 0 Å². The van der Waals surface area contributed by atoms with E-state index in [-0.39, 0.29) is 16.4 Å². The molecule has 9 heteroatoms. The molecule has 0 aliphatic heterocycles. The molecular weight excluding hydrogens is 344 g/mol. The molecule has 100 valence electrons. The van der Waals surface area contributed by atoms with Gasteiger partial charge in [0.2, 0.25) is 11.0 Å². The van der Waals surface area contributed by atoms with Gasteiger partial charge in [-0.3, -0.25) is 10.1 Å². The minimum atomic E-state index is -2.78. The number of hydrogen-bond acceptors (Lipinski definition) is 5. The SMILES string of the molecule is O=C(Nc1nc(C(F)F)ns1)c1cc(O)cc(Br)c1. The van der Waals surface area contributed by atoms with Crippen LogP contribution in [0.1, 0.15) is 22.6 Å². The lowest BCUT2D eigenvalue weighted by Gasteiger charge is -2.02. The van der Waals surface area contributed by atoms with Crippen molar-refractivity contribution >= 4 is 38.5 Å². The smallest absolute Gasteiger partial charge is 0.298 e. The Morgan fingerprint density at radius 3 is 2.74 bits per heavy atom. The van der Waals surface area contributed by atoms with E-state index in [0.29, 0.717) is 16.0 Å². The highest BCUT2D eigenvalue weighted by Gasteiger charge is 2.16. The zero-order valence-electron chi connectivity index (χ0n) is 9.10. The summed E-state index contributed by atoms with van der Waals surface area (Å²) in [4.78, 5) is 15.3. The highest BCUT2D eigenvalue weighted by atomic mass is 79.9. The fraction of sp³-hybridized carbons (Fsp3) is 0.100. The van der Waals surface area contributed by atoms with Crippen LogP contribution in [0.3, 0.4) is 0 Å². The summed E-state index contributed by atoms with van der Waals surface area (Å²) >= 11 is 3.79. The monoisotopic (exact) mass is 349 g/mol. The molecule has 0 unspecified atom stereocenters. The van der Waals surface area contributed by atoms with Crippen LogP contribution in [0.25, 0.3) is 0 Å². The van der Waals surface area contributed by atoms with E-state index in [4.69, 9.17) is 0 Å². The highest BCUT2D eigenvalue weighted by Crippen LogP contribution is 2.23. The third kappa shape index (κ3) is 3.44. The molecule has 0 saturated heterocycles. The first-order valence-electron chi connectivity index (χ1n) is 4.88. The first-order valence-corrected chi connectivity index (χ1v) is 6.45. The molecule has 0 aliphatic carbocycles. The number of alkyl halides is 2. The zero-order valence-corrected chi connectivity index (χ0v) is 11.5. The molecule has 1 aromatic heterocycles. The molecule has 1 amide bonds. The summed E-state index contributed by atoms with van der Waals surface area (Å²) in [6, 6.07) is 4.13. The number of benzene rings is 1. The number of phenols is 1. The summed E-state index contributed by atoms with van der Waals surface area (Å²) in [7, 11) is 0. The Morgan fingerprint density at radius 2 is 2.16 bits per heavy atom. The Bertz CT molecular complexity index is 600. The molecule has 0 aliphatic rings. The minimum absolute atomic E-state index is 0.0280. The number of anilines is 1. The first kappa shape index (κ1) is 13.8. The van der Waals surface area contributed by atoms with Gasteiger partial charge in [0.25, 0.3) is 12.3 Å². The Kier molecular flexibility index (Phi) is 4.05. The predicted octanol–water partition coefficient (Wildman–Crippen LogP) is 3.20. The van der Waals surface area contributed by atoms with Crippen LogP contribution in [0.2, 0.25) is 0 Å². The fourth-order valence-corrected chi connectivity index (χ4v) is 2.30. The lowest BCUT2D eigenvalue weighted by atomic mass is 10.2. The van der Waals surface area contributed by atoms with Gasteiger partial charge in [0.15, 0.2) is 0 Å². The van der Waals surface area contributed by atoms with Gasteiger partial charge in [0, 0.05) is 21.6 Å². The third-order valence-corrected chi connectivity index (χ3v) is 3.10. The van der Waals surface area contributed by atoms with Crippen molar-refractivity contribution < 1.29 is 18.7 Å². The summed E-state index contributed by atoms with van der Waals surface area (Å²) in [5, 5.41) is 11.7. The predicted molar refractivity (Wildman–Crippen MR) is 68.6 cm³/mol. The number of carbonyl (C=O) groups excluding carboxylic acids is 1. The summed E-state index contributed by atoms with van der Waals surface area (Å²) < 4.78 is 28.5. The van der Waals surface area contributed by atoms with Crippen molar-refractivity contribution in [3.63, 3.8) is 0 Å². The van der Waals surface area contributed by atoms with E-state index in [1.165, 1.54) is 18.2 Å². The van der Waals surface area contributed by atoms with Crippen molar-refractivity contribution in [2.24, 2.45) is 0 Å². The van der Waals surface area contributed by atoms with Crippen molar-refractivity contribution in [2.45, 2.75) is 6.43 Å². The summed E-state index contributed by atoms with van der Waals surface area (Å²) in [6.45, 7) is 0. The van der Waals surface area contributed by atoms with Gasteiger partial charge in [0.05, 0.1) is 0 Å². The number of rotatable bonds is 3. The molecule has 0 spiro atoms. The maximum Gasteiger partial charge on any atom is 0.298 e. The van der Waals surface area contributed by atoms with E-state index in [9.17, 15) is 18.7 Å². The second-order valence-electron chi connectivity index (χ2n) is 3.41. The topological polar surface area (TPSA) is 75.1 Å². The molecule has 0 saturated carbocycles. The number of phenolic OH excluding ortho intramolecular Hbond substituents is 1. The molecule has 1 aromatic carbocycles. The van der Waals surface area contributed by atoms with Crippen molar-refractivity contribution in [3.8, 4) is 5.75 Å². The number of aromatic nitrogens is 2. The molecule has 0 fully saturated rings. The minimum Gasteiger partial charge on any atom is -0.508 e. The molecule has 2 rings (SSSR count). The van der Waals surface area contributed by atoms with Crippen molar-refractivity contribution in [1.29, 1.82) is 0 Å². The second-order valence-corrected chi connectivity index (χ2v) is 5.08. The number of hydrogen-bond donors (Lipinski definition) is 2. The molecule has 1 heterocycles. The van der Waals surface area contributed by atoms with Gasteiger partial charge in [-0.05, 0) is 18.2 Å². The normalized spacial score (nSPS) is 10.7. The first-order chi connectivity index (χ1) is 8.95. The van der Waals surface area contributed by atoms with Crippen LogP contribution in [0.4, 0.5) is 13.9 Å². The van der Waals surface area contributed by atoms with E-state index in [2.05, 4.69) is 30.6 Å². The van der Waals surface area contributed by atoms with Gasteiger partial charge in [-0.25, -0.2) is 8.78 Å². The van der Waals surface area contributed by atoms with E-state index >= 15 is 0 Å². The van der Waals surface area contributed by atoms with Crippen LogP contribution >= 0.6 is 27.5 Å². The van der Waals surface area contributed by atoms with Crippen LogP contribution in [0.15, 0.2) is 22.7 Å². The summed E-state index contributed by atoms with van der Waals surface area (Å²) in [5.74, 6) is -1.30. The Hall–Kier alpha value is -1.61. The molecule has 2 aromatic rings. The number of nitrogens with zero attached hydrogens (tertiary/aromatic N) is 2. The number of nitrogens with one attached hydrogen (secondary N) is 1. The summed E-state index contributed by atoms with van der Waals surface area (Å²) in [6.07, 6.45) is -2.78. The van der Waals surface area contributed by atoms with E-state index in [1.54, 1.807) is 0 Å². The number of amides is 1. The van der Waals surface area contributed by atoms with Crippen molar-refractivity contribution in [1.82, 2.24) is 9.36 Å². The van der Waals surface area contributed by atoms with Gasteiger partial charge in [0.1, 0.15) is 5.75 Å². The van der Waals surface area contributed by atoms with Gasteiger partial charge < -0.3 is 5.11 Å². The maximum atomic E-state index is 12.3. The lowest BCUT2D eigenvalue weighted by Crippen LogP contribution is -2.11. The van der Waals surface area contributed by atoms with E-state index < -0.39 is 18.2 Å². The van der Waals surface area contributed by atoms with Gasteiger partial charge in [-0.15, -0.1) is 0 Å². The van der Waals surface area contributed by atoms with E-state index in [1.807, 2.05) is 0 Å². The van der Waals surface area contributed by atoms with Crippen LogP contribution in [0.5, 0.6) is 5.75 Å². The average molecular weight is 350 g/mol. The Labute approximate surface area is 118 Å². The van der Waals surface area contributed by atoms with Gasteiger partial charge in [-0.2, -0.15) is 9.36 Å². The Morgan fingerprint density at radius 1 is 1.42 bits per heavy atom. The van der Waals surface area contributed by atoms with Crippen LogP contribution < -0.4 is 5.32 Å². The molecule has 5 nitrogen and oxygen atoms in total. The zero-order chi connectivity index (χ0) is 14.0. The Balaban J connectivity index is 2.15. The van der Waals surface area contributed by atoms with Crippen LogP contribution in [-0.4, -0.2) is 20.4 Å². The summed E-state index contributed by atoms with van der Waals surface area (Å²) in [5.41, 5.74) is 0.167. The van der Waals surface area contributed by atoms with Gasteiger partial charge in [-0.1, -0.05) is 15.9 Å². The molecule has 0 bridgehead atoms. The number of carbonyl (C=O) groups is 1. The number of aromatic hydroxyl groups is 1. The van der Waals surface area contributed by atoms with Crippen molar-refractivity contribution in [3.05, 3.63) is 34.1 Å². The lowest BCUT2D eigenvalue weighted by molar-refractivity contribution is 0.102.